The average molecular weight is 1170 g/mol. The van der Waals surface area contributed by atoms with Crippen LogP contribution in [0.25, 0.3) is 33.4 Å². The minimum absolute atomic E-state index is 0. The summed E-state index contributed by atoms with van der Waals surface area (Å²) >= 11 is 3.58. The van der Waals surface area contributed by atoms with E-state index in [4.69, 9.17) is 0 Å². The molecule has 3 nitrogen and oxygen atoms in total. The fourth-order valence-corrected chi connectivity index (χ4v) is 27.1. The molecule has 66 heavy (non-hydrogen) atoms. The zero-order chi connectivity index (χ0) is 46.8. The zero-order valence-electron chi connectivity index (χ0n) is 41.5. The molecule has 0 fully saturated rings. The number of nitrogens with zero attached hydrogens (tertiary/aromatic N) is 3. The van der Waals surface area contributed by atoms with Crippen molar-refractivity contribution in [2.75, 3.05) is 57.0 Å². The maximum Gasteiger partial charge on any atom is 0.0364 e. The Hall–Kier alpha value is -3.27. The Morgan fingerprint density at radius 2 is 0.758 bits per heavy atom. The molecule has 9 rings (SSSR count). The molecule has 0 aromatic heterocycles. The van der Waals surface area contributed by atoms with Crippen molar-refractivity contribution in [3.05, 3.63) is 151 Å². The molecular formula is C60H79BrIN3Sn. The van der Waals surface area contributed by atoms with Crippen LogP contribution in [0.4, 0.5) is 17.1 Å². The van der Waals surface area contributed by atoms with E-state index in [0.717, 1.165) is 23.7 Å². The van der Waals surface area contributed by atoms with Gasteiger partial charge in [-0.2, -0.15) is 0 Å². The minimum Gasteiger partial charge on any atom is -0.378 e. The molecule has 0 N–H and O–H groups in total. The summed E-state index contributed by atoms with van der Waals surface area (Å²) in [5, 5.41) is 0. The second-order valence-electron chi connectivity index (χ2n) is 18.8. The van der Waals surface area contributed by atoms with Crippen LogP contribution < -0.4 is 18.3 Å². The fourth-order valence-electron chi connectivity index (χ4n) is 10.0. The maximum atomic E-state index is 3.54. The van der Waals surface area contributed by atoms with Crippen LogP contribution in [-0.4, -0.2) is 60.7 Å². The second kappa shape index (κ2) is 24.8. The Kier molecular flexibility index (Phi) is 20.2. The van der Waals surface area contributed by atoms with E-state index in [1.54, 1.807) is 18.9 Å². The van der Waals surface area contributed by atoms with Gasteiger partial charge in [0.25, 0.3) is 0 Å². The van der Waals surface area contributed by atoms with Gasteiger partial charge in [0, 0.05) is 47.6 Å². The molecule has 0 unspecified atom stereocenters. The first kappa shape index (κ1) is 53.7. The van der Waals surface area contributed by atoms with E-state index < -0.39 is 18.4 Å². The number of halogens is 2. The molecule has 0 aliphatic heterocycles. The smallest absolute Gasteiger partial charge is 0.0364 e. The molecule has 3 aliphatic rings. The molecule has 0 saturated heterocycles. The van der Waals surface area contributed by atoms with Crippen molar-refractivity contribution in [2.24, 2.45) is 0 Å². The summed E-state index contributed by atoms with van der Waals surface area (Å²) in [6.07, 6.45) is 11.6. The molecule has 3 aliphatic carbocycles. The van der Waals surface area contributed by atoms with Gasteiger partial charge in [0.2, 0.25) is 0 Å². The number of hydrogen-bond acceptors (Lipinski definition) is 3. The van der Waals surface area contributed by atoms with Crippen LogP contribution in [-0.2, 0) is 19.3 Å². The van der Waals surface area contributed by atoms with Gasteiger partial charge in [-0.25, -0.2) is 0 Å². The van der Waals surface area contributed by atoms with Gasteiger partial charge in [0.15, 0.2) is 0 Å². The largest absolute Gasteiger partial charge is 0.378 e. The molecule has 0 atom stereocenters. The van der Waals surface area contributed by atoms with Gasteiger partial charge < -0.3 is 9.80 Å². The number of hydrogen-bond donors (Lipinski definition) is 0. The van der Waals surface area contributed by atoms with Crippen LogP contribution in [0, 0.1) is 3.57 Å². The van der Waals surface area contributed by atoms with Gasteiger partial charge >= 0.3 is 184 Å². The monoisotopic (exact) mass is 1170 g/mol. The zero-order valence-corrected chi connectivity index (χ0v) is 48.1. The molecule has 0 amide bonds. The summed E-state index contributed by atoms with van der Waals surface area (Å²) in [7, 11) is 12.6. The van der Waals surface area contributed by atoms with Crippen molar-refractivity contribution in [1.82, 2.24) is 0 Å². The van der Waals surface area contributed by atoms with Crippen molar-refractivity contribution in [3.8, 4) is 33.4 Å². The van der Waals surface area contributed by atoms with Gasteiger partial charge in [-0.05, 0) is 128 Å². The minimum atomic E-state index is -2.34. The van der Waals surface area contributed by atoms with Gasteiger partial charge in [0.05, 0.1) is 0 Å². The summed E-state index contributed by atoms with van der Waals surface area (Å²) in [6.45, 7) is 11.1. The summed E-state index contributed by atoms with van der Waals surface area (Å²) in [5.74, 6) is 0. The standard InChI is InChI=1S/C15H14BrN.C15H14IN.C15H14N.3C4H9.C2H6.CH4.Sn/c2*1-17(2)13-4-6-15-11(9-13)7-10-8-12(16)3-5-14(10)15;1-16(2)13-7-8-15-12(10-13)9-11-5-3-4-6-14(11)15;3*1-3-4-2;1-2;;/h2*3-6,8-9H,7H2,1-2H3;4-8,10H,9H2,1-2H3;3*1,3-4H2,2H3;1-2H3;1H4;/i;16-2;;;;;;;. The molecule has 0 saturated carbocycles. The Morgan fingerprint density at radius 1 is 0.439 bits per heavy atom. The average Bonchev–Trinajstić information content (AvgIpc) is 3.99. The van der Waals surface area contributed by atoms with Crippen molar-refractivity contribution < 1.29 is 0 Å². The number of fused-ring (bicyclic) bond motifs is 9. The molecule has 6 aromatic carbocycles. The van der Waals surface area contributed by atoms with E-state index in [2.05, 4.69) is 225 Å². The molecule has 6 heteroatoms. The predicted octanol–water partition coefficient (Wildman–Crippen LogP) is 17.1. The van der Waals surface area contributed by atoms with Crippen molar-refractivity contribution in [3.63, 3.8) is 0 Å². The first-order valence-electron chi connectivity index (χ1n) is 24.5. The molecule has 6 aromatic rings. The fraction of sp³-hybridized carbons (Fsp3) is 0.400. The first-order chi connectivity index (χ1) is 31.3. The Balaban J connectivity index is 0.000000190. The SMILES string of the molecule is C.CC.CCC[CH2][Sn]([CH2]CCC)([CH2]CCC)[c]1ccc2c(c1)Cc1cc(N(C)C)ccc1-2.CN(C)c1ccc2c(c1)Cc1cc(Br)ccc1-2.CN(C)c1ccc2c(c1)Cc1cc([125I])ccc1-2. The molecular weight excluding hydrogens is 1090 g/mol. The van der Waals surface area contributed by atoms with Crippen LogP contribution in [0.2, 0.25) is 13.3 Å². The van der Waals surface area contributed by atoms with E-state index in [-0.39, 0.29) is 7.43 Å². The van der Waals surface area contributed by atoms with Gasteiger partial charge in [0.1, 0.15) is 0 Å². The number of rotatable bonds is 13. The van der Waals surface area contributed by atoms with Crippen molar-refractivity contribution in [1.29, 1.82) is 0 Å². The number of unbranched alkanes of at least 4 members (excludes halogenated alkanes) is 3. The van der Waals surface area contributed by atoms with Crippen LogP contribution >= 0.6 is 38.5 Å². The van der Waals surface area contributed by atoms with Crippen LogP contribution in [0.15, 0.2) is 114 Å². The second-order valence-corrected chi connectivity index (χ2v) is 34.2. The molecule has 0 bridgehead atoms. The summed E-state index contributed by atoms with van der Waals surface area (Å²) in [4.78, 5) is 6.53. The van der Waals surface area contributed by atoms with Crippen LogP contribution in [0.3, 0.4) is 0 Å². The maximum absolute atomic E-state index is 3.54. The predicted molar refractivity (Wildman–Crippen MR) is 310 cm³/mol. The summed E-state index contributed by atoms with van der Waals surface area (Å²) < 4.78 is 8.98. The van der Waals surface area contributed by atoms with E-state index in [9.17, 15) is 0 Å². The Labute approximate surface area is 428 Å². The van der Waals surface area contributed by atoms with Gasteiger partial charge in [-0.3, -0.25) is 0 Å². The van der Waals surface area contributed by atoms with E-state index in [1.807, 2.05) is 17.4 Å². The molecule has 0 spiro atoms. The Bertz CT molecular complexity index is 2410. The third-order valence-corrected chi connectivity index (χ3v) is 30.5. The molecule has 0 radical (unpaired) electrons. The van der Waals surface area contributed by atoms with Crippen molar-refractivity contribution >= 4 is 77.5 Å². The van der Waals surface area contributed by atoms with E-state index >= 15 is 0 Å². The van der Waals surface area contributed by atoms with E-state index in [0.29, 0.717) is 0 Å². The number of anilines is 3. The van der Waals surface area contributed by atoms with E-state index in [1.165, 1.54) is 120 Å². The first-order valence-corrected chi connectivity index (χ1v) is 33.8. The quantitative estimate of drug-likeness (QED) is 0.0841. The molecule has 352 valence electrons. The van der Waals surface area contributed by atoms with Crippen molar-refractivity contribution in [2.45, 2.75) is 113 Å². The number of benzene rings is 6. The third kappa shape index (κ3) is 12.5. The summed E-state index contributed by atoms with van der Waals surface area (Å²) in [5.41, 5.74) is 21.3. The van der Waals surface area contributed by atoms with Crippen LogP contribution in [0.1, 0.15) is 114 Å². The topological polar surface area (TPSA) is 9.72 Å². The normalized spacial score (nSPS) is 12.0. The van der Waals surface area contributed by atoms with Crippen LogP contribution in [0.5, 0.6) is 0 Å². The van der Waals surface area contributed by atoms with Gasteiger partial charge in [-0.15, -0.1) is 0 Å². The Morgan fingerprint density at radius 3 is 1.14 bits per heavy atom. The third-order valence-electron chi connectivity index (χ3n) is 13.7. The summed E-state index contributed by atoms with van der Waals surface area (Å²) in [6, 6.07) is 41.5. The van der Waals surface area contributed by atoms with Gasteiger partial charge in [-0.1, -0.05) is 61.5 Å². The molecule has 0 heterocycles.